The third-order valence-electron chi connectivity index (χ3n) is 6.68. The number of hydrogen-bond donors (Lipinski definition) is 2. The zero-order chi connectivity index (χ0) is 23.8. The number of hydrogen-bond acceptors (Lipinski definition) is 5. The minimum absolute atomic E-state index is 0.0314. The van der Waals surface area contributed by atoms with Crippen LogP contribution in [0.5, 0.6) is 0 Å². The first kappa shape index (κ1) is 25.0. The predicted octanol–water partition coefficient (Wildman–Crippen LogP) is 2.68. The van der Waals surface area contributed by atoms with Crippen molar-refractivity contribution in [2.45, 2.75) is 52.1 Å². The highest BCUT2D eigenvalue weighted by Crippen LogP contribution is 2.45. The minimum atomic E-state index is -0.680. The maximum atomic E-state index is 13.6. The first-order chi connectivity index (χ1) is 16.0. The molecule has 7 nitrogen and oxygen atoms in total. The van der Waals surface area contributed by atoms with Crippen molar-refractivity contribution in [1.82, 2.24) is 10.2 Å². The summed E-state index contributed by atoms with van der Waals surface area (Å²) in [7, 11) is 0. The van der Waals surface area contributed by atoms with Crippen LogP contribution in [0.4, 0.5) is 0 Å². The summed E-state index contributed by atoms with van der Waals surface area (Å²) < 4.78 is 5.37. The van der Waals surface area contributed by atoms with E-state index in [0.29, 0.717) is 25.9 Å². The molecule has 180 valence electrons. The summed E-state index contributed by atoms with van der Waals surface area (Å²) in [6.45, 7) is 4.85. The normalized spacial score (nSPS) is 26.2. The number of carbonyl (C=O) groups is 3. The van der Waals surface area contributed by atoms with Crippen LogP contribution in [0, 0.1) is 23.7 Å². The highest BCUT2D eigenvalue weighted by molar-refractivity contribution is 5.96. The molecule has 1 heterocycles. The lowest BCUT2D eigenvalue weighted by molar-refractivity contribution is -0.155. The Morgan fingerprint density at radius 2 is 1.88 bits per heavy atom. The van der Waals surface area contributed by atoms with Crippen LogP contribution in [0.1, 0.15) is 45.1 Å². The van der Waals surface area contributed by atoms with Gasteiger partial charge in [-0.25, -0.2) is 0 Å². The van der Waals surface area contributed by atoms with Crippen LogP contribution in [-0.4, -0.2) is 53.6 Å². The van der Waals surface area contributed by atoms with Crippen LogP contribution in [0.15, 0.2) is 42.5 Å². The number of aliphatic hydroxyl groups excluding tert-OH is 1. The van der Waals surface area contributed by atoms with Crippen LogP contribution in [0.25, 0.3) is 0 Å². The standard InChI is InChI=1S/C26H36N2O5/c1-3-10-19-13-14-20-22(21(19)26(32)33-4-2)25(31)28(15-8-9-16-29)23(20)24(30)27-17-18-11-6-5-7-12-18/h5-7,11-14,19-23,29H,3-4,8-10,15-17H2,1-2H3,(H,27,30)/t19-,20+,21-,22-,23+/m1/s1. The van der Waals surface area contributed by atoms with Gasteiger partial charge in [-0.05, 0) is 37.7 Å². The van der Waals surface area contributed by atoms with Crippen LogP contribution in [0.3, 0.4) is 0 Å². The van der Waals surface area contributed by atoms with Crippen LogP contribution in [0.2, 0.25) is 0 Å². The Morgan fingerprint density at radius 3 is 2.55 bits per heavy atom. The maximum absolute atomic E-state index is 13.6. The van der Waals surface area contributed by atoms with Crippen molar-refractivity contribution in [2.75, 3.05) is 19.8 Å². The van der Waals surface area contributed by atoms with Crippen molar-refractivity contribution in [2.24, 2.45) is 23.7 Å². The molecule has 1 aromatic rings. The summed E-state index contributed by atoms with van der Waals surface area (Å²) in [4.78, 5) is 41.6. The molecule has 0 radical (unpaired) electrons. The summed E-state index contributed by atoms with van der Waals surface area (Å²) in [5.41, 5.74) is 0.977. The first-order valence-corrected chi connectivity index (χ1v) is 12.1. The number of nitrogens with one attached hydrogen (secondary N) is 1. The first-order valence-electron chi connectivity index (χ1n) is 12.1. The molecule has 2 N–H and O–H groups in total. The number of amides is 2. The van der Waals surface area contributed by atoms with Gasteiger partial charge in [-0.3, -0.25) is 14.4 Å². The summed E-state index contributed by atoms with van der Waals surface area (Å²) >= 11 is 0. The Labute approximate surface area is 196 Å². The molecule has 0 spiro atoms. The quantitative estimate of drug-likeness (QED) is 0.303. The van der Waals surface area contributed by atoms with Gasteiger partial charge in [0.1, 0.15) is 6.04 Å². The van der Waals surface area contributed by atoms with Crippen molar-refractivity contribution in [3.63, 3.8) is 0 Å². The van der Waals surface area contributed by atoms with E-state index in [2.05, 4.69) is 12.2 Å². The number of allylic oxidation sites excluding steroid dienone is 1. The van der Waals surface area contributed by atoms with Gasteiger partial charge in [-0.1, -0.05) is 55.8 Å². The lowest BCUT2D eigenvalue weighted by atomic mass is 9.69. The molecule has 5 atom stereocenters. The molecule has 1 fully saturated rings. The summed E-state index contributed by atoms with van der Waals surface area (Å²) in [6, 6.07) is 8.95. The second-order valence-electron chi connectivity index (χ2n) is 8.83. The summed E-state index contributed by atoms with van der Waals surface area (Å²) in [5.74, 6) is -2.39. The molecule has 7 heteroatoms. The van der Waals surface area contributed by atoms with E-state index in [0.717, 1.165) is 18.4 Å². The fraction of sp³-hybridized carbons (Fsp3) is 0.577. The number of rotatable bonds is 11. The zero-order valence-electron chi connectivity index (χ0n) is 19.6. The lowest BCUT2D eigenvalue weighted by Gasteiger charge is -2.33. The number of likely N-dealkylation sites (tertiary alicyclic amines) is 1. The molecule has 0 unspecified atom stereocenters. The van der Waals surface area contributed by atoms with Crippen LogP contribution >= 0.6 is 0 Å². The van der Waals surface area contributed by atoms with Gasteiger partial charge in [0.25, 0.3) is 0 Å². The second kappa shape index (κ2) is 12.0. The van der Waals surface area contributed by atoms with Crippen molar-refractivity contribution in [1.29, 1.82) is 0 Å². The number of fused-ring (bicyclic) bond motifs is 1. The fourth-order valence-corrected chi connectivity index (χ4v) is 5.19. The molecular formula is C26H36N2O5. The van der Waals surface area contributed by atoms with Gasteiger partial charge >= 0.3 is 5.97 Å². The monoisotopic (exact) mass is 456 g/mol. The Bertz CT molecular complexity index is 840. The van der Waals surface area contributed by atoms with Gasteiger partial charge in [0, 0.05) is 25.6 Å². The highest BCUT2D eigenvalue weighted by Gasteiger charge is 2.57. The molecular weight excluding hydrogens is 420 g/mol. The molecule has 1 saturated heterocycles. The number of unbranched alkanes of at least 4 members (excludes halogenated alkanes) is 1. The third-order valence-corrected chi connectivity index (χ3v) is 6.68. The Hall–Kier alpha value is -2.67. The van der Waals surface area contributed by atoms with Crippen molar-refractivity contribution in [3.05, 3.63) is 48.0 Å². The average Bonchev–Trinajstić information content (AvgIpc) is 3.10. The topological polar surface area (TPSA) is 95.9 Å². The zero-order valence-corrected chi connectivity index (χ0v) is 19.6. The third kappa shape index (κ3) is 5.64. The van der Waals surface area contributed by atoms with Crippen LogP contribution < -0.4 is 5.32 Å². The van der Waals surface area contributed by atoms with Gasteiger partial charge in [0.2, 0.25) is 11.8 Å². The van der Waals surface area contributed by atoms with Crippen LogP contribution in [-0.2, 0) is 25.7 Å². The van der Waals surface area contributed by atoms with Gasteiger partial charge in [-0.2, -0.15) is 0 Å². The van der Waals surface area contributed by atoms with E-state index in [1.807, 2.05) is 42.5 Å². The number of ether oxygens (including phenoxy) is 1. The van der Waals surface area contributed by atoms with E-state index in [9.17, 15) is 19.5 Å². The number of aliphatic hydroxyl groups is 1. The van der Waals surface area contributed by atoms with Crippen molar-refractivity contribution >= 4 is 17.8 Å². The second-order valence-corrected chi connectivity index (χ2v) is 8.83. The van der Waals surface area contributed by atoms with E-state index in [-0.39, 0.29) is 42.8 Å². The van der Waals surface area contributed by atoms with Crippen molar-refractivity contribution < 1.29 is 24.2 Å². The number of benzene rings is 1. The molecule has 0 bridgehead atoms. The average molecular weight is 457 g/mol. The van der Waals surface area contributed by atoms with Gasteiger partial charge in [0.05, 0.1) is 18.4 Å². The molecule has 0 aromatic heterocycles. The number of esters is 1. The molecule has 33 heavy (non-hydrogen) atoms. The van der Waals surface area contributed by atoms with Gasteiger partial charge < -0.3 is 20.1 Å². The minimum Gasteiger partial charge on any atom is -0.466 e. The van der Waals surface area contributed by atoms with Gasteiger partial charge in [-0.15, -0.1) is 0 Å². The number of nitrogens with zero attached hydrogens (tertiary/aromatic N) is 1. The Kier molecular flexibility index (Phi) is 9.06. The molecule has 2 aliphatic rings. The Morgan fingerprint density at radius 1 is 1.12 bits per heavy atom. The van der Waals surface area contributed by atoms with E-state index in [4.69, 9.17) is 4.74 Å². The van der Waals surface area contributed by atoms with E-state index in [1.165, 1.54) is 0 Å². The molecule has 2 amide bonds. The molecule has 1 aliphatic carbocycles. The molecule has 1 aliphatic heterocycles. The summed E-state index contributed by atoms with van der Waals surface area (Å²) in [6.07, 6.45) is 6.79. The fourth-order valence-electron chi connectivity index (χ4n) is 5.19. The lowest BCUT2D eigenvalue weighted by Crippen LogP contribution is -2.47. The molecule has 3 rings (SSSR count). The Balaban J connectivity index is 1.88. The van der Waals surface area contributed by atoms with E-state index in [1.54, 1.807) is 11.8 Å². The number of carbonyl (C=O) groups excluding carboxylic acids is 3. The van der Waals surface area contributed by atoms with Gasteiger partial charge in [0.15, 0.2) is 0 Å². The predicted molar refractivity (Wildman–Crippen MR) is 125 cm³/mol. The van der Waals surface area contributed by atoms with E-state index >= 15 is 0 Å². The van der Waals surface area contributed by atoms with E-state index < -0.39 is 17.9 Å². The largest absolute Gasteiger partial charge is 0.466 e. The molecule has 1 aromatic carbocycles. The highest BCUT2D eigenvalue weighted by atomic mass is 16.5. The maximum Gasteiger partial charge on any atom is 0.310 e. The molecule has 0 saturated carbocycles. The smallest absolute Gasteiger partial charge is 0.310 e. The SMILES string of the molecule is CCC[C@@H]1C=C[C@H]2[C@@H](C(=O)N(CCCCO)[C@@H]2C(=O)NCc2ccccc2)[C@@H]1C(=O)OCC. The summed E-state index contributed by atoms with van der Waals surface area (Å²) in [5, 5.41) is 12.2. The van der Waals surface area contributed by atoms with Crippen molar-refractivity contribution in [3.8, 4) is 0 Å².